The van der Waals surface area contributed by atoms with E-state index in [-0.39, 0.29) is 12.3 Å². The maximum Gasteiger partial charge on any atom is 0.230 e. The Balaban J connectivity index is 1.68. The number of carbonyl (C=O) groups is 1. The van der Waals surface area contributed by atoms with Gasteiger partial charge in [0.15, 0.2) is 0 Å². The van der Waals surface area contributed by atoms with Crippen LogP contribution in [-0.2, 0) is 11.2 Å². The maximum absolute atomic E-state index is 12.2. The van der Waals surface area contributed by atoms with E-state index in [0.717, 1.165) is 32.1 Å². The monoisotopic (exact) mass is 387 g/mol. The molecule has 4 nitrogen and oxygen atoms in total. The number of anilines is 1. The molecule has 0 saturated heterocycles. The average Bonchev–Trinajstić information content (AvgIpc) is 2.99. The van der Waals surface area contributed by atoms with Crippen molar-refractivity contribution in [3.05, 3.63) is 63.7 Å². The number of nitrogens with one attached hydrogen (secondary N) is 1. The van der Waals surface area contributed by atoms with Crippen LogP contribution in [0.3, 0.4) is 0 Å². The summed E-state index contributed by atoms with van der Waals surface area (Å²) in [5.74, 6) is -0.0903. The summed E-state index contributed by atoms with van der Waals surface area (Å²) >= 11 is 4.95. The van der Waals surface area contributed by atoms with Crippen LogP contribution in [-0.4, -0.2) is 15.9 Å². The highest BCUT2D eigenvalue weighted by atomic mass is 79.9. The standard InChI is InChI=1S/C17H14BrN3OS/c1-11-5-6-14(13(18)8-11)21-16(22)9-12-10-23-17(20-12)15-4-2-3-7-19-15/h2-8,10H,9H2,1H3,(H,21,22). The fourth-order valence-corrected chi connectivity index (χ4v) is 3.46. The first-order valence-corrected chi connectivity index (χ1v) is 8.71. The number of benzene rings is 1. The number of carbonyl (C=O) groups excluding carboxylic acids is 1. The molecule has 0 atom stereocenters. The zero-order valence-corrected chi connectivity index (χ0v) is 14.8. The number of nitrogens with zero attached hydrogens (tertiary/aromatic N) is 2. The number of halogens is 1. The van der Waals surface area contributed by atoms with Crippen LogP contribution in [0, 0.1) is 6.92 Å². The molecular weight excluding hydrogens is 374 g/mol. The predicted octanol–water partition coefficient (Wildman–Crippen LogP) is 4.46. The Bertz CT molecular complexity index is 833. The number of hydrogen-bond acceptors (Lipinski definition) is 4. The van der Waals surface area contributed by atoms with Gasteiger partial charge in [0, 0.05) is 16.0 Å². The molecule has 0 fully saturated rings. The molecule has 23 heavy (non-hydrogen) atoms. The van der Waals surface area contributed by atoms with Crippen molar-refractivity contribution in [1.82, 2.24) is 9.97 Å². The second-order valence-corrected chi connectivity index (χ2v) is 6.78. The van der Waals surface area contributed by atoms with E-state index in [1.807, 2.05) is 48.7 Å². The highest BCUT2D eigenvalue weighted by Gasteiger charge is 2.11. The summed E-state index contributed by atoms with van der Waals surface area (Å²) in [5, 5.41) is 5.62. The molecule has 116 valence electrons. The molecule has 3 aromatic rings. The molecule has 0 aliphatic rings. The van der Waals surface area contributed by atoms with Gasteiger partial charge in [0.05, 0.1) is 23.5 Å². The van der Waals surface area contributed by atoms with Crippen molar-refractivity contribution < 1.29 is 4.79 Å². The highest BCUT2D eigenvalue weighted by molar-refractivity contribution is 9.10. The molecule has 0 aliphatic heterocycles. The Morgan fingerprint density at radius 2 is 2.17 bits per heavy atom. The Morgan fingerprint density at radius 1 is 1.30 bits per heavy atom. The van der Waals surface area contributed by atoms with E-state index in [1.165, 1.54) is 11.3 Å². The lowest BCUT2D eigenvalue weighted by Crippen LogP contribution is -2.15. The van der Waals surface area contributed by atoms with Gasteiger partial charge >= 0.3 is 0 Å². The first-order valence-electron chi connectivity index (χ1n) is 7.03. The predicted molar refractivity (Wildman–Crippen MR) is 96.6 cm³/mol. The Kier molecular flexibility index (Phi) is 4.83. The van der Waals surface area contributed by atoms with Crippen LogP contribution >= 0.6 is 27.3 Å². The van der Waals surface area contributed by atoms with Crippen molar-refractivity contribution >= 4 is 38.9 Å². The number of pyridine rings is 1. The van der Waals surface area contributed by atoms with E-state index in [2.05, 4.69) is 31.2 Å². The second kappa shape index (κ2) is 7.02. The lowest BCUT2D eigenvalue weighted by Gasteiger charge is -2.07. The fraction of sp³-hybridized carbons (Fsp3) is 0.118. The third-order valence-electron chi connectivity index (χ3n) is 3.18. The van der Waals surface area contributed by atoms with E-state index in [4.69, 9.17) is 0 Å². The van der Waals surface area contributed by atoms with E-state index in [9.17, 15) is 4.79 Å². The van der Waals surface area contributed by atoms with Crippen molar-refractivity contribution in [2.45, 2.75) is 13.3 Å². The van der Waals surface area contributed by atoms with E-state index >= 15 is 0 Å². The van der Waals surface area contributed by atoms with Crippen LogP contribution in [0.2, 0.25) is 0 Å². The zero-order valence-electron chi connectivity index (χ0n) is 12.4. The van der Waals surface area contributed by atoms with Gasteiger partial charge in [0.25, 0.3) is 0 Å². The van der Waals surface area contributed by atoms with E-state index in [0.29, 0.717) is 0 Å². The lowest BCUT2D eigenvalue weighted by molar-refractivity contribution is -0.115. The normalized spacial score (nSPS) is 10.5. The summed E-state index contributed by atoms with van der Waals surface area (Å²) < 4.78 is 0.873. The minimum atomic E-state index is -0.0903. The molecule has 2 aromatic heterocycles. The van der Waals surface area contributed by atoms with Crippen LogP contribution in [0.15, 0.2) is 52.4 Å². The molecular formula is C17H14BrN3OS. The summed E-state index contributed by atoms with van der Waals surface area (Å²) in [6, 6.07) is 11.5. The topological polar surface area (TPSA) is 54.9 Å². The number of amides is 1. The Labute approximate surface area is 146 Å². The van der Waals surface area contributed by atoms with Gasteiger partial charge in [-0.05, 0) is 52.7 Å². The molecule has 0 bridgehead atoms. The first kappa shape index (κ1) is 15.8. The molecule has 1 aromatic carbocycles. The summed E-state index contributed by atoms with van der Waals surface area (Å²) in [6.07, 6.45) is 1.97. The molecule has 0 aliphatic carbocycles. The molecule has 3 rings (SSSR count). The molecule has 0 saturated carbocycles. The van der Waals surface area contributed by atoms with E-state index < -0.39 is 0 Å². The van der Waals surface area contributed by atoms with Crippen LogP contribution in [0.5, 0.6) is 0 Å². The van der Waals surface area contributed by atoms with Crippen LogP contribution in [0.4, 0.5) is 5.69 Å². The largest absolute Gasteiger partial charge is 0.325 e. The van der Waals surface area contributed by atoms with Crippen molar-refractivity contribution in [3.8, 4) is 10.7 Å². The molecule has 0 unspecified atom stereocenters. The Hall–Kier alpha value is -2.05. The average molecular weight is 388 g/mol. The minimum absolute atomic E-state index is 0.0903. The minimum Gasteiger partial charge on any atom is -0.325 e. The third kappa shape index (κ3) is 4.03. The number of hydrogen-bond donors (Lipinski definition) is 1. The molecule has 2 heterocycles. The van der Waals surface area contributed by atoms with Gasteiger partial charge in [0.1, 0.15) is 5.01 Å². The number of aromatic nitrogens is 2. The van der Waals surface area contributed by atoms with Crippen molar-refractivity contribution in [1.29, 1.82) is 0 Å². The van der Waals surface area contributed by atoms with Crippen LogP contribution in [0.1, 0.15) is 11.3 Å². The molecule has 1 amide bonds. The van der Waals surface area contributed by atoms with Crippen molar-refractivity contribution in [2.24, 2.45) is 0 Å². The summed E-state index contributed by atoms with van der Waals surface area (Å²) in [7, 11) is 0. The SMILES string of the molecule is Cc1ccc(NC(=O)Cc2csc(-c3ccccn3)n2)c(Br)c1. The van der Waals surface area contributed by atoms with E-state index in [1.54, 1.807) is 6.20 Å². The molecule has 0 radical (unpaired) electrons. The summed E-state index contributed by atoms with van der Waals surface area (Å²) in [4.78, 5) is 20.9. The first-order chi connectivity index (χ1) is 11.1. The van der Waals surface area contributed by atoms with Gasteiger partial charge in [-0.1, -0.05) is 12.1 Å². The number of thiazole rings is 1. The third-order valence-corrected chi connectivity index (χ3v) is 4.75. The number of rotatable bonds is 4. The molecule has 1 N–H and O–H groups in total. The van der Waals surface area contributed by atoms with Gasteiger partial charge in [0.2, 0.25) is 5.91 Å². The summed E-state index contributed by atoms with van der Waals surface area (Å²) in [6.45, 7) is 2.00. The smallest absolute Gasteiger partial charge is 0.230 e. The summed E-state index contributed by atoms with van der Waals surface area (Å²) in [5.41, 5.74) is 3.47. The number of aryl methyl sites for hydroxylation is 1. The van der Waals surface area contributed by atoms with Gasteiger partial charge in [-0.25, -0.2) is 4.98 Å². The zero-order chi connectivity index (χ0) is 16.2. The Morgan fingerprint density at radius 3 is 2.91 bits per heavy atom. The quantitative estimate of drug-likeness (QED) is 0.718. The van der Waals surface area contributed by atoms with Gasteiger partial charge in [-0.15, -0.1) is 11.3 Å². The van der Waals surface area contributed by atoms with Crippen molar-refractivity contribution in [2.75, 3.05) is 5.32 Å². The lowest BCUT2D eigenvalue weighted by atomic mass is 10.2. The van der Waals surface area contributed by atoms with Gasteiger partial charge < -0.3 is 5.32 Å². The highest BCUT2D eigenvalue weighted by Crippen LogP contribution is 2.24. The van der Waals surface area contributed by atoms with Crippen LogP contribution < -0.4 is 5.32 Å². The molecule has 0 spiro atoms. The van der Waals surface area contributed by atoms with Crippen molar-refractivity contribution in [3.63, 3.8) is 0 Å². The fourth-order valence-electron chi connectivity index (χ4n) is 2.08. The van der Waals surface area contributed by atoms with Crippen LogP contribution in [0.25, 0.3) is 10.7 Å². The molecule has 6 heteroatoms. The second-order valence-electron chi connectivity index (χ2n) is 5.07. The van der Waals surface area contributed by atoms with Gasteiger partial charge in [-0.2, -0.15) is 0 Å². The van der Waals surface area contributed by atoms with Gasteiger partial charge in [-0.3, -0.25) is 9.78 Å². The maximum atomic E-state index is 12.2.